The molecule has 5 nitrogen and oxygen atoms in total. The normalized spacial score (nSPS) is 16.7. The van der Waals surface area contributed by atoms with Crippen LogP contribution >= 0.6 is 11.3 Å². The van der Waals surface area contributed by atoms with E-state index in [9.17, 15) is 4.79 Å². The summed E-state index contributed by atoms with van der Waals surface area (Å²) >= 11 is 1.74. The fourth-order valence-electron chi connectivity index (χ4n) is 3.72. The zero-order chi connectivity index (χ0) is 18.4. The summed E-state index contributed by atoms with van der Waals surface area (Å²) in [7, 11) is 0. The van der Waals surface area contributed by atoms with E-state index in [1.165, 1.54) is 4.88 Å². The number of thiophene rings is 1. The molecule has 0 radical (unpaired) electrons. The quantitative estimate of drug-likeness (QED) is 0.797. The molecule has 6 heteroatoms. The van der Waals surface area contributed by atoms with Gasteiger partial charge in [-0.15, -0.1) is 11.3 Å². The van der Waals surface area contributed by atoms with Gasteiger partial charge in [0.05, 0.1) is 6.04 Å². The molecule has 0 saturated carbocycles. The van der Waals surface area contributed by atoms with E-state index in [-0.39, 0.29) is 17.9 Å². The molecule has 1 N–H and O–H groups in total. The first-order valence-corrected chi connectivity index (χ1v) is 10.5. The van der Waals surface area contributed by atoms with Crippen LogP contribution < -0.4 is 10.2 Å². The summed E-state index contributed by atoms with van der Waals surface area (Å²) in [4.78, 5) is 25.0. The molecule has 2 aromatic heterocycles. The fraction of sp³-hybridized carbons (Fsp3) is 0.550. The zero-order valence-electron chi connectivity index (χ0n) is 15.6. The lowest BCUT2D eigenvalue weighted by atomic mass is 9.90. The van der Waals surface area contributed by atoms with E-state index in [1.807, 2.05) is 6.07 Å². The number of nitrogens with zero attached hydrogens (tertiary/aromatic N) is 3. The van der Waals surface area contributed by atoms with Crippen molar-refractivity contribution < 1.29 is 4.79 Å². The van der Waals surface area contributed by atoms with Gasteiger partial charge in [-0.05, 0) is 36.3 Å². The highest BCUT2D eigenvalue weighted by atomic mass is 32.1. The summed E-state index contributed by atoms with van der Waals surface area (Å²) in [6, 6.07) is 6.17. The molecule has 3 rings (SSSR count). The molecule has 0 aromatic carbocycles. The Kier molecular flexibility index (Phi) is 6.61. The first-order valence-electron chi connectivity index (χ1n) is 9.58. The Balaban J connectivity index is 1.60. The number of hydrogen-bond donors (Lipinski definition) is 1. The highest BCUT2D eigenvalue weighted by Crippen LogP contribution is 2.31. The van der Waals surface area contributed by atoms with Gasteiger partial charge in [-0.2, -0.15) is 0 Å². The van der Waals surface area contributed by atoms with Gasteiger partial charge in [0, 0.05) is 36.3 Å². The molecule has 26 heavy (non-hydrogen) atoms. The molecule has 1 fully saturated rings. The van der Waals surface area contributed by atoms with Gasteiger partial charge in [-0.25, -0.2) is 9.97 Å². The standard InChI is InChI=1S/C20H28N4OS/c1-3-15(4-2)18(17-7-5-14-26-17)23-19(25)16-8-12-24(13-9-16)20-21-10-6-11-22-20/h5-7,10-11,14-16,18H,3-4,8-9,12-13H2,1-2H3,(H,23,25)/t18-/m1/s1. The molecule has 140 valence electrons. The van der Waals surface area contributed by atoms with Crippen molar-refractivity contribution in [2.45, 2.75) is 45.6 Å². The second kappa shape index (κ2) is 9.12. The van der Waals surface area contributed by atoms with E-state index in [4.69, 9.17) is 0 Å². The van der Waals surface area contributed by atoms with Gasteiger partial charge < -0.3 is 10.2 Å². The number of hydrogen-bond acceptors (Lipinski definition) is 5. The van der Waals surface area contributed by atoms with Crippen LogP contribution in [-0.2, 0) is 4.79 Å². The van der Waals surface area contributed by atoms with Crippen LogP contribution in [0.5, 0.6) is 0 Å². The van der Waals surface area contributed by atoms with E-state index in [0.29, 0.717) is 5.92 Å². The molecule has 0 bridgehead atoms. The highest BCUT2D eigenvalue weighted by molar-refractivity contribution is 7.10. The summed E-state index contributed by atoms with van der Waals surface area (Å²) in [6.45, 7) is 6.08. The Labute approximate surface area is 159 Å². The van der Waals surface area contributed by atoms with Crippen molar-refractivity contribution in [3.05, 3.63) is 40.8 Å². The van der Waals surface area contributed by atoms with Crippen LogP contribution in [0.1, 0.15) is 50.4 Å². The molecule has 0 spiro atoms. The summed E-state index contributed by atoms with van der Waals surface area (Å²) < 4.78 is 0. The third kappa shape index (κ3) is 4.41. The molecule has 3 heterocycles. The molecule has 0 unspecified atom stereocenters. The van der Waals surface area contributed by atoms with Crippen molar-refractivity contribution in [3.63, 3.8) is 0 Å². The van der Waals surface area contributed by atoms with Gasteiger partial charge in [-0.3, -0.25) is 4.79 Å². The average molecular weight is 373 g/mol. The number of piperidine rings is 1. The van der Waals surface area contributed by atoms with Crippen LogP contribution in [0.2, 0.25) is 0 Å². The van der Waals surface area contributed by atoms with Crippen molar-refractivity contribution >= 4 is 23.2 Å². The van der Waals surface area contributed by atoms with Gasteiger partial charge in [-0.1, -0.05) is 32.8 Å². The molecule has 1 aliphatic rings. The predicted molar refractivity (Wildman–Crippen MR) is 106 cm³/mol. The maximum absolute atomic E-state index is 12.9. The number of rotatable bonds is 7. The average Bonchev–Trinajstić information content (AvgIpc) is 3.23. The highest BCUT2D eigenvalue weighted by Gasteiger charge is 2.30. The van der Waals surface area contributed by atoms with E-state index >= 15 is 0 Å². The number of aromatic nitrogens is 2. The predicted octanol–water partition coefficient (Wildman–Crippen LogP) is 4.05. The van der Waals surface area contributed by atoms with Crippen LogP contribution in [0.4, 0.5) is 5.95 Å². The van der Waals surface area contributed by atoms with Gasteiger partial charge >= 0.3 is 0 Å². The molecule has 0 aliphatic carbocycles. The Morgan fingerprint density at radius 2 is 1.92 bits per heavy atom. The topological polar surface area (TPSA) is 58.1 Å². The Bertz CT molecular complexity index is 664. The SMILES string of the molecule is CCC(CC)[C@@H](NC(=O)C1CCN(c2ncccn2)CC1)c1cccs1. The molecule has 1 amide bonds. The molecule has 1 atom stereocenters. The number of anilines is 1. The minimum absolute atomic E-state index is 0.0757. The Morgan fingerprint density at radius 1 is 1.23 bits per heavy atom. The number of carbonyl (C=O) groups is 1. The van der Waals surface area contributed by atoms with Crippen LogP contribution in [0.25, 0.3) is 0 Å². The largest absolute Gasteiger partial charge is 0.348 e. The lowest BCUT2D eigenvalue weighted by Gasteiger charge is -2.33. The van der Waals surface area contributed by atoms with Crippen molar-refractivity contribution in [1.82, 2.24) is 15.3 Å². The lowest BCUT2D eigenvalue weighted by molar-refractivity contribution is -0.126. The van der Waals surface area contributed by atoms with Gasteiger partial charge in [0.2, 0.25) is 11.9 Å². The number of carbonyl (C=O) groups excluding carboxylic acids is 1. The van der Waals surface area contributed by atoms with Crippen LogP contribution in [0.15, 0.2) is 36.0 Å². The maximum Gasteiger partial charge on any atom is 0.225 e. The van der Waals surface area contributed by atoms with Crippen molar-refractivity contribution in [3.8, 4) is 0 Å². The Hall–Kier alpha value is -1.95. The fourth-order valence-corrected chi connectivity index (χ4v) is 4.59. The lowest BCUT2D eigenvalue weighted by Crippen LogP contribution is -2.43. The third-order valence-corrected chi connectivity index (χ3v) is 6.32. The Morgan fingerprint density at radius 3 is 2.50 bits per heavy atom. The second-order valence-corrected chi connectivity index (χ2v) is 7.87. The van der Waals surface area contributed by atoms with Crippen molar-refractivity contribution in [2.75, 3.05) is 18.0 Å². The van der Waals surface area contributed by atoms with E-state index in [2.05, 4.69) is 51.5 Å². The zero-order valence-corrected chi connectivity index (χ0v) is 16.4. The minimum Gasteiger partial charge on any atom is -0.348 e. The summed E-state index contributed by atoms with van der Waals surface area (Å²) in [5, 5.41) is 5.46. The number of amides is 1. The smallest absolute Gasteiger partial charge is 0.225 e. The van der Waals surface area contributed by atoms with Gasteiger partial charge in [0.1, 0.15) is 0 Å². The molecule has 2 aromatic rings. The first kappa shape index (κ1) is 18.8. The summed E-state index contributed by atoms with van der Waals surface area (Å²) in [5.41, 5.74) is 0. The molecular formula is C20H28N4OS. The summed E-state index contributed by atoms with van der Waals surface area (Å²) in [5.74, 6) is 1.52. The molecular weight excluding hydrogens is 344 g/mol. The second-order valence-electron chi connectivity index (χ2n) is 6.89. The van der Waals surface area contributed by atoms with Gasteiger partial charge in [0.25, 0.3) is 0 Å². The maximum atomic E-state index is 12.9. The first-order chi connectivity index (χ1) is 12.7. The molecule has 1 aliphatic heterocycles. The van der Waals surface area contributed by atoms with Crippen LogP contribution in [0.3, 0.4) is 0 Å². The third-order valence-electron chi connectivity index (χ3n) is 5.37. The van der Waals surface area contributed by atoms with E-state index in [0.717, 1.165) is 44.7 Å². The van der Waals surface area contributed by atoms with E-state index < -0.39 is 0 Å². The van der Waals surface area contributed by atoms with E-state index in [1.54, 1.807) is 23.7 Å². The number of nitrogens with one attached hydrogen (secondary N) is 1. The van der Waals surface area contributed by atoms with Gasteiger partial charge in [0.15, 0.2) is 0 Å². The monoisotopic (exact) mass is 372 g/mol. The summed E-state index contributed by atoms with van der Waals surface area (Å²) in [6.07, 6.45) is 7.38. The van der Waals surface area contributed by atoms with Crippen LogP contribution in [0, 0.1) is 11.8 Å². The van der Waals surface area contributed by atoms with Crippen molar-refractivity contribution in [1.29, 1.82) is 0 Å². The van der Waals surface area contributed by atoms with Crippen LogP contribution in [-0.4, -0.2) is 29.0 Å². The minimum atomic E-state index is 0.0757. The van der Waals surface area contributed by atoms with Crippen molar-refractivity contribution in [2.24, 2.45) is 11.8 Å². The molecule has 1 saturated heterocycles.